The van der Waals surface area contributed by atoms with Crippen LogP contribution in [0.4, 0.5) is 0 Å². The maximum absolute atomic E-state index is 6.10. The third-order valence-electron chi connectivity index (χ3n) is 5.97. The lowest BCUT2D eigenvalue weighted by Gasteiger charge is -2.51. The smallest absolute Gasteiger partial charge is 0.0697 e. The Morgan fingerprint density at radius 1 is 1.30 bits per heavy atom. The quantitative estimate of drug-likeness (QED) is 0.857. The standard InChI is InChI=1S/C17H32N2O/c1-3-18-14(2)15-6-4-10-19(13-15)16-7-11-20-17(12-16)8-5-9-17/h14-16,18H,3-13H2,1-2H3. The van der Waals surface area contributed by atoms with Crippen molar-refractivity contribution in [3.63, 3.8) is 0 Å². The fourth-order valence-corrected chi connectivity index (χ4v) is 4.50. The van der Waals surface area contributed by atoms with Crippen LogP contribution < -0.4 is 5.32 Å². The van der Waals surface area contributed by atoms with Crippen LogP contribution in [0.25, 0.3) is 0 Å². The topological polar surface area (TPSA) is 24.5 Å². The summed E-state index contributed by atoms with van der Waals surface area (Å²) in [5.74, 6) is 0.837. The zero-order valence-electron chi connectivity index (χ0n) is 13.4. The molecule has 3 rings (SSSR count). The van der Waals surface area contributed by atoms with Crippen molar-refractivity contribution in [2.45, 2.75) is 76.5 Å². The lowest BCUT2D eigenvalue weighted by Crippen LogP contribution is -2.55. The normalized spacial score (nSPS) is 35.7. The van der Waals surface area contributed by atoms with Gasteiger partial charge in [0.2, 0.25) is 0 Å². The Bertz CT molecular complexity index is 316. The van der Waals surface area contributed by atoms with E-state index in [0.29, 0.717) is 11.6 Å². The van der Waals surface area contributed by atoms with Crippen LogP contribution in [0.1, 0.15) is 58.8 Å². The molecular formula is C17H32N2O. The van der Waals surface area contributed by atoms with Crippen LogP contribution in [0.2, 0.25) is 0 Å². The van der Waals surface area contributed by atoms with Gasteiger partial charge in [0.1, 0.15) is 0 Å². The zero-order valence-corrected chi connectivity index (χ0v) is 13.4. The third-order valence-corrected chi connectivity index (χ3v) is 5.97. The van der Waals surface area contributed by atoms with Gasteiger partial charge in [0, 0.05) is 25.2 Å². The molecule has 20 heavy (non-hydrogen) atoms. The third kappa shape index (κ3) is 3.05. The van der Waals surface area contributed by atoms with E-state index in [0.717, 1.165) is 25.1 Å². The summed E-state index contributed by atoms with van der Waals surface area (Å²) in [5, 5.41) is 3.63. The van der Waals surface area contributed by atoms with Crippen molar-refractivity contribution in [2.24, 2.45) is 5.92 Å². The van der Waals surface area contributed by atoms with Gasteiger partial charge in [-0.2, -0.15) is 0 Å². The van der Waals surface area contributed by atoms with Gasteiger partial charge in [-0.1, -0.05) is 6.92 Å². The van der Waals surface area contributed by atoms with Crippen LogP contribution in [0.3, 0.4) is 0 Å². The molecule has 2 heterocycles. The minimum Gasteiger partial charge on any atom is -0.375 e. The van der Waals surface area contributed by atoms with Gasteiger partial charge >= 0.3 is 0 Å². The Labute approximate surface area is 124 Å². The van der Waals surface area contributed by atoms with Crippen molar-refractivity contribution in [3.8, 4) is 0 Å². The highest BCUT2D eigenvalue weighted by molar-refractivity contribution is 4.97. The first-order chi connectivity index (χ1) is 9.72. The molecule has 0 aromatic rings. The van der Waals surface area contributed by atoms with Crippen molar-refractivity contribution < 1.29 is 4.74 Å². The maximum Gasteiger partial charge on any atom is 0.0697 e. The lowest BCUT2D eigenvalue weighted by atomic mass is 9.73. The second kappa shape index (κ2) is 6.33. The molecule has 0 radical (unpaired) electrons. The predicted molar refractivity (Wildman–Crippen MR) is 83.0 cm³/mol. The van der Waals surface area contributed by atoms with E-state index < -0.39 is 0 Å². The highest BCUT2D eigenvalue weighted by Gasteiger charge is 2.44. The van der Waals surface area contributed by atoms with Crippen molar-refractivity contribution in [2.75, 3.05) is 26.2 Å². The van der Waals surface area contributed by atoms with Crippen LogP contribution >= 0.6 is 0 Å². The van der Waals surface area contributed by atoms with E-state index in [9.17, 15) is 0 Å². The molecule has 3 aliphatic rings. The van der Waals surface area contributed by atoms with Gasteiger partial charge in [0.15, 0.2) is 0 Å². The minimum absolute atomic E-state index is 0.295. The van der Waals surface area contributed by atoms with E-state index in [2.05, 4.69) is 24.1 Å². The number of likely N-dealkylation sites (tertiary alicyclic amines) is 1. The monoisotopic (exact) mass is 280 g/mol. The molecule has 3 nitrogen and oxygen atoms in total. The molecule has 2 saturated heterocycles. The number of rotatable bonds is 4. The molecule has 3 heteroatoms. The van der Waals surface area contributed by atoms with E-state index in [-0.39, 0.29) is 0 Å². The number of ether oxygens (including phenoxy) is 1. The first kappa shape index (κ1) is 14.8. The van der Waals surface area contributed by atoms with E-state index in [1.54, 1.807) is 0 Å². The molecule has 0 amide bonds. The predicted octanol–water partition coefficient (Wildman–Crippen LogP) is 2.80. The van der Waals surface area contributed by atoms with E-state index >= 15 is 0 Å². The summed E-state index contributed by atoms with van der Waals surface area (Å²) >= 11 is 0. The lowest BCUT2D eigenvalue weighted by molar-refractivity contribution is -0.151. The highest BCUT2D eigenvalue weighted by atomic mass is 16.5. The summed E-state index contributed by atoms with van der Waals surface area (Å²) in [6.07, 6.45) is 9.35. The molecule has 1 aliphatic carbocycles. The van der Waals surface area contributed by atoms with Crippen LogP contribution in [-0.4, -0.2) is 48.8 Å². The molecule has 0 bridgehead atoms. The number of hydrogen-bond acceptors (Lipinski definition) is 3. The molecule has 0 aromatic heterocycles. The molecule has 3 atom stereocenters. The molecule has 1 saturated carbocycles. The van der Waals surface area contributed by atoms with Gasteiger partial charge in [-0.15, -0.1) is 0 Å². The Hall–Kier alpha value is -0.120. The van der Waals surface area contributed by atoms with Gasteiger partial charge in [-0.3, -0.25) is 4.90 Å². The van der Waals surface area contributed by atoms with Gasteiger partial charge in [0.25, 0.3) is 0 Å². The van der Waals surface area contributed by atoms with Crippen molar-refractivity contribution in [1.82, 2.24) is 10.2 Å². The summed E-state index contributed by atoms with van der Waals surface area (Å²) in [6, 6.07) is 1.46. The first-order valence-electron chi connectivity index (χ1n) is 8.84. The fraction of sp³-hybridized carbons (Fsp3) is 1.00. The maximum atomic E-state index is 6.10. The number of hydrogen-bond donors (Lipinski definition) is 1. The second-order valence-corrected chi connectivity index (χ2v) is 7.28. The van der Waals surface area contributed by atoms with Gasteiger partial charge < -0.3 is 10.1 Å². The molecule has 0 aromatic carbocycles. The molecule has 2 aliphatic heterocycles. The number of nitrogens with zero attached hydrogens (tertiary/aromatic N) is 1. The van der Waals surface area contributed by atoms with Crippen molar-refractivity contribution in [1.29, 1.82) is 0 Å². The SMILES string of the molecule is CCNC(C)C1CCCN(C2CCOC3(CCC3)C2)C1. The zero-order chi connectivity index (χ0) is 14.0. The first-order valence-corrected chi connectivity index (χ1v) is 8.84. The van der Waals surface area contributed by atoms with Crippen LogP contribution in [0.5, 0.6) is 0 Å². The number of nitrogens with one attached hydrogen (secondary N) is 1. The summed E-state index contributed by atoms with van der Waals surface area (Å²) in [7, 11) is 0. The Balaban J connectivity index is 1.56. The van der Waals surface area contributed by atoms with Gasteiger partial charge in [0.05, 0.1) is 5.60 Å². The Kier molecular flexibility index (Phi) is 4.68. The van der Waals surface area contributed by atoms with Crippen LogP contribution in [-0.2, 0) is 4.74 Å². The highest BCUT2D eigenvalue weighted by Crippen LogP contribution is 2.43. The van der Waals surface area contributed by atoms with Gasteiger partial charge in [-0.05, 0) is 70.9 Å². The van der Waals surface area contributed by atoms with E-state index in [1.165, 1.54) is 58.0 Å². The second-order valence-electron chi connectivity index (χ2n) is 7.28. The van der Waals surface area contributed by atoms with Crippen molar-refractivity contribution in [3.05, 3.63) is 0 Å². The number of piperidine rings is 1. The molecule has 116 valence electrons. The average Bonchev–Trinajstić information content (AvgIpc) is 2.46. The summed E-state index contributed by atoms with van der Waals surface area (Å²) in [6.45, 7) is 9.29. The molecule has 3 unspecified atom stereocenters. The van der Waals surface area contributed by atoms with E-state index in [1.807, 2.05) is 0 Å². The largest absolute Gasteiger partial charge is 0.375 e. The molecule has 3 fully saturated rings. The van der Waals surface area contributed by atoms with Gasteiger partial charge in [-0.25, -0.2) is 0 Å². The summed E-state index contributed by atoms with van der Waals surface area (Å²) < 4.78 is 6.10. The fourth-order valence-electron chi connectivity index (χ4n) is 4.50. The summed E-state index contributed by atoms with van der Waals surface area (Å²) in [5.41, 5.74) is 0.295. The Morgan fingerprint density at radius 2 is 2.15 bits per heavy atom. The summed E-state index contributed by atoms with van der Waals surface area (Å²) in [4.78, 5) is 2.80. The van der Waals surface area contributed by atoms with Crippen molar-refractivity contribution >= 4 is 0 Å². The van der Waals surface area contributed by atoms with Crippen LogP contribution in [0, 0.1) is 5.92 Å². The minimum atomic E-state index is 0.295. The Morgan fingerprint density at radius 3 is 2.85 bits per heavy atom. The average molecular weight is 280 g/mol. The molecule has 1 spiro atoms. The molecule has 1 N–H and O–H groups in total. The molecular weight excluding hydrogens is 248 g/mol. The van der Waals surface area contributed by atoms with Crippen LogP contribution in [0.15, 0.2) is 0 Å². The van der Waals surface area contributed by atoms with E-state index in [4.69, 9.17) is 4.74 Å².